The highest BCUT2D eigenvalue weighted by Gasteiger charge is 2.16. The number of rotatable bonds is 4. The van der Waals surface area contributed by atoms with Crippen molar-refractivity contribution in [1.29, 1.82) is 0 Å². The predicted molar refractivity (Wildman–Crippen MR) is 95.9 cm³/mol. The van der Waals surface area contributed by atoms with Gasteiger partial charge >= 0.3 is 0 Å². The minimum atomic E-state index is -0.229. The first-order valence-electron chi connectivity index (χ1n) is 6.17. The van der Waals surface area contributed by atoms with Crippen LogP contribution in [0.2, 0.25) is 0 Å². The van der Waals surface area contributed by atoms with Gasteiger partial charge in [0.2, 0.25) is 0 Å². The molecule has 0 spiro atoms. The van der Waals surface area contributed by atoms with Crippen molar-refractivity contribution in [2.75, 3.05) is 17.2 Å². The number of hydrogen-bond acceptors (Lipinski definition) is 3. The van der Waals surface area contributed by atoms with Crippen LogP contribution in [0, 0.1) is 0 Å². The molecule has 0 saturated carbocycles. The third-order valence-corrected chi connectivity index (χ3v) is 4.40. The highest BCUT2D eigenvalue weighted by Crippen LogP contribution is 2.31. The highest BCUT2D eigenvalue weighted by molar-refractivity contribution is 9.11. The first kappa shape index (κ1) is 16.5. The van der Waals surface area contributed by atoms with Gasteiger partial charge in [0, 0.05) is 26.2 Å². The number of hydrogen-bond donors (Lipinski definition) is 2. The Morgan fingerprint density at radius 2 is 1.90 bits per heavy atom. The molecule has 0 radical (unpaired) electrons. The van der Waals surface area contributed by atoms with Crippen LogP contribution in [0.3, 0.4) is 0 Å². The molecule has 110 valence electrons. The van der Waals surface area contributed by atoms with Gasteiger partial charge < -0.3 is 10.6 Å². The fourth-order valence-electron chi connectivity index (χ4n) is 1.72. The summed E-state index contributed by atoms with van der Waals surface area (Å²) in [5.74, 6) is 0.328. The molecule has 1 heterocycles. The smallest absolute Gasteiger partial charge is 0.259 e. The lowest BCUT2D eigenvalue weighted by Gasteiger charge is -2.12. The molecule has 0 unspecified atom stereocenters. The number of nitrogens with zero attached hydrogens (tertiary/aromatic N) is 1. The number of amides is 1. The molecule has 4 nitrogen and oxygen atoms in total. The molecule has 0 aliphatic rings. The third-order valence-electron chi connectivity index (χ3n) is 2.64. The topological polar surface area (TPSA) is 54.0 Å². The first-order valence-corrected chi connectivity index (χ1v) is 8.55. The van der Waals surface area contributed by atoms with Crippen molar-refractivity contribution >= 4 is 65.2 Å². The van der Waals surface area contributed by atoms with Crippen LogP contribution in [-0.2, 0) is 0 Å². The molecule has 2 N–H and O–H groups in total. The molecule has 21 heavy (non-hydrogen) atoms. The van der Waals surface area contributed by atoms with Gasteiger partial charge in [-0.05, 0) is 72.9 Å². The van der Waals surface area contributed by atoms with Crippen molar-refractivity contribution in [3.05, 3.63) is 49.4 Å². The SMILES string of the molecule is CCNc1ncc(Br)cc1C(=O)Nc1c(Br)cccc1Br. The Kier molecular flexibility index (Phi) is 5.78. The number of para-hydroxylation sites is 1. The number of aromatic nitrogens is 1. The zero-order valence-corrected chi connectivity index (χ0v) is 15.8. The van der Waals surface area contributed by atoms with E-state index >= 15 is 0 Å². The molecule has 0 atom stereocenters. The fourth-order valence-corrected chi connectivity index (χ4v) is 3.25. The third kappa shape index (κ3) is 4.05. The second kappa shape index (κ2) is 7.38. The molecule has 0 bridgehead atoms. The van der Waals surface area contributed by atoms with E-state index in [-0.39, 0.29) is 5.91 Å². The van der Waals surface area contributed by atoms with E-state index in [1.54, 1.807) is 12.3 Å². The van der Waals surface area contributed by atoms with E-state index in [9.17, 15) is 4.79 Å². The van der Waals surface area contributed by atoms with Gasteiger partial charge in [-0.1, -0.05) is 6.07 Å². The summed E-state index contributed by atoms with van der Waals surface area (Å²) < 4.78 is 2.36. The van der Waals surface area contributed by atoms with Crippen molar-refractivity contribution in [3.63, 3.8) is 0 Å². The molecule has 0 saturated heterocycles. The summed E-state index contributed by atoms with van der Waals surface area (Å²) in [5.41, 5.74) is 1.17. The standard InChI is InChI=1S/C14H12Br3N3O/c1-2-18-13-9(6-8(15)7-19-13)14(21)20-12-10(16)4-3-5-11(12)17/h3-7H,2H2,1H3,(H,18,19)(H,20,21). The largest absolute Gasteiger partial charge is 0.370 e. The first-order chi connectivity index (χ1) is 10.0. The van der Waals surface area contributed by atoms with Gasteiger partial charge in [-0.25, -0.2) is 4.98 Å². The Bertz CT molecular complexity index is 656. The van der Waals surface area contributed by atoms with E-state index in [0.29, 0.717) is 23.6 Å². The molecule has 2 rings (SSSR count). The number of carbonyl (C=O) groups excluding carboxylic acids is 1. The Labute approximate surface area is 148 Å². The normalized spacial score (nSPS) is 10.3. The summed E-state index contributed by atoms with van der Waals surface area (Å²) in [4.78, 5) is 16.7. The average molecular weight is 478 g/mol. The zero-order valence-electron chi connectivity index (χ0n) is 11.1. The fraction of sp³-hybridized carbons (Fsp3) is 0.143. The maximum Gasteiger partial charge on any atom is 0.259 e. The van der Waals surface area contributed by atoms with E-state index in [2.05, 4.69) is 63.4 Å². The number of anilines is 2. The van der Waals surface area contributed by atoms with Crippen LogP contribution >= 0.6 is 47.8 Å². The summed E-state index contributed by atoms with van der Waals surface area (Å²) in [5, 5.41) is 5.97. The van der Waals surface area contributed by atoms with E-state index in [0.717, 1.165) is 13.4 Å². The van der Waals surface area contributed by atoms with Gasteiger partial charge in [-0.3, -0.25) is 4.79 Å². The van der Waals surface area contributed by atoms with Crippen LogP contribution in [0.5, 0.6) is 0 Å². The van der Waals surface area contributed by atoms with Crippen molar-refractivity contribution < 1.29 is 4.79 Å². The minimum Gasteiger partial charge on any atom is -0.370 e. The Hall–Kier alpha value is -0.920. The second-order valence-corrected chi connectivity index (χ2v) is 6.76. The summed E-state index contributed by atoms with van der Waals surface area (Å²) in [7, 11) is 0. The quantitative estimate of drug-likeness (QED) is 0.647. The summed E-state index contributed by atoms with van der Waals surface area (Å²) >= 11 is 10.2. The molecule has 7 heteroatoms. The monoisotopic (exact) mass is 475 g/mol. The molecule has 0 aliphatic carbocycles. The highest BCUT2D eigenvalue weighted by atomic mass is 79.9. The second-order valence-electron chi connectivity index (χ2n) is 4.13. The van der Waals surface area contributed by atoms with E-state index in [1.165, 1.54) is 0 Å². The maximum absolute atomic E-state index is 12.5. The average Bonchev–Trinajstić information content (AvgIpc) is 2.45. The van der Waals surface area contributed by atoms with Gasteiger partial charge in [-0.2, -0.15) is 0 Å². The van der Waals surface area contributed by atoms with Crippen LogP contribution in [0.25, 0.3) is 0 Å². The lowest BCUT2D eigenvalue weighted by molar-refractivity contribution is 0.102. The molecule has 2 aromatic rings. The van der Waals surface area contributed by atoms with Crippen LogP contribution in [0.4, 0.5) is 11.5 Å². The van der Waals surface area contributed by atoms with Crippen LogP contribution in [0.1, 0.15) is 17.3 Å². The van der Waals surface area contributed by atoms with Crippen LogP contribution in [0.15, 0.2) is 43.9 Å². The molecule has 1 aromatic heterocycles. The van der Waals surface area contributed by atoms with Gasteiger partial charge in [-0.15, -0.1) is 0 Å². The number of carbonyl (C=O) groups is 1. The van der Waals surface area contributed by atoms with Gasteiger partial charge in [0.15, 0.2) is 0 Å². The molecule has 0 fully saturated rings. The minimum absolute atomic E-state index is 0.229. The number of nitrogens with one attached hydrogen (secondary N) is 2. The molecule has 0 aliphatic heterocycles. The summed E-state index contributed by atoms with van der Waals surface area (Å²) in [6.45, 7) is 2.64. The van der Waals surface area contributed by atoms with E-state index in [4.69, 9.17) is 0 Å². The summed E-state index contributed by atoms with van der Waals surface area (Å²) in [6, 6.07) is 7.36. The number of halogens is 3. The molecule has 1 aromatic carbocycles. The Morgan fingerprint density at radius 3 is 2.52 bits per heavy atom. The van der Waals surface area contributed by atoms with Crippen molar-refractivity contribution in [1.82, 2.24) is 4.98 Å². The lowest BCUT2D eigenvalue weighted by Crippen LogP contribution is -2.16. The maximum atomic E-state index is 12.5. The summed E-state index contributed by atoms with van der Waals surface area (Å²) in [6.07, 6.45) is 1.66. The predicted octanol–water partition coefficient (Wildman–Crippen LogP) is 5.05. The Morgan fingerprint density at radius 1 is 1.24 bits per heavy atom. The van der Waals surface area contributed by atoms with E-state index < -0.39 is 0 Å². The van der Waals surface area contributed by atoms with Gasteiger partial charge in [0.05, 0.1) is 11.3 Å². The number of pyridine rings is 1. The molecular formula is C14H12Br3N3O. The van der Waals surface area contributed by atoms with Crippen LogP contribution in [-0.4, -0.2) is 17.4 Å². The molecule has 1 amide bonds. The zero-order chi connectivity index (χ0) is 15.4. The van der Waals surface area contributed by atoms with E-state index in [1.807, 2.05) is 25.1 Å². The number of benzene rings is 1. The molecular weight excluding hydrogens is 466 g/mol. The lowest BCUT2D eigenvalue weighted by atomic mass is 10.2. The Balaban J connectivity index is 2.34. The van der Waals surface area contributed by atoms with Crippen molar-refractivity contribution in [2.45, 2.75) is 6.92 Å². The van der Waals surface area contributed by atoms with Crippen LogP contribution < -0.4 is 10.6 Å². The van der Waals surface area contributed by atoms with Crippen molar-refractivity contribution in [2.24, 2.45) is 0 Å². The van der Waals surface area contributed by atoms with Gasteiger partial charge in [0.25, 0.3) is 5.91 Å². The van der Waals surface area contributed by atoms with Gasteiger partial charge in [0.1, 0.15) is 5.82 Å². The van der Waals surface area contributed by atoms with Crippen molar-refractivity contribution in [3.8, 4) is 0 Å².